The number of ether oxygens (including phenoxy) is 2. The molecular weight excluding hydrogens is 354 g/mol. The molecule has 0 amide bonds. The number of hydrogen-bond donors (Lipinski definition) is 2. The van der Waals surface area contributed by atoms with Crippen LogP contribution in [0.3, 0.4) is 0 Å². The third-order valence-electron chi connectivity index (χ3n) is 4.30. The maximum absolute atomic E-state index is 11.9. The molecule has 0 radical (unpaired) electrons. The number of fused-ring (bicyclic) bond motifs is 1. The Kier molecular flexibility index (Phi) is 4.93. The van der Waals surface area contributed by atoms with Crippen LogP contribution in [0, 0.1) is 0 Å². The Morgan fingerprint density at radius 3 is 2.82 bits per heavy atom. The van der Waals surface area contributed by atoms with Crippen LogP contribution < -0.4 is 20.3 Å². The minimum Gasteiger partial charge on any atom is -0.481 e. The lowest BCUT2D eigenvalue weighted by Crippen LogP contribution is -2.05. The van der Waals surface area contributed by atoms with Gasteiger partial charge in [-0.05, 0) is 30.3 Å². The van der Waals surface area contributed by atoms with Crippen molar-refractivity contribution in [2.45, 2.75) is 6.54 Å². The van der Waals surface area contributed by atoms with E-state index in [1.54, 1.807) is 13.3 Å². The molecule has 2 N–H and O–H groups in total. The summed E-state index contributed by atoms with van der Waals surface area (Å²) >= 11 is 0. The number of nitrogens with one attached hydrogen (secondary N) is 2. The van der Waals surface area contributed by atoms with E-state index in [2.05, 4.69) is 15.3 Å². The number of para-hydroxylation sites is 1. The van der Waals surface area contributed by atoms with Crippen molar-refractivity contribution in [1.82, 2.24) is 9.97 Å². The van der Waals surface area contributed by atoms with Crippen molar-refractivity contribution < 1.29 is 9.47 Å². The molecule has 0 saturated heterocycles. The Bertz CT molecular complexity index is 1170. The molecule has 6 heteroatoms. The van der Waals surface area contributed by atoms with Gasteiger partial charge in [-0.15, -0.1) is 0 Å². The summed E-state index contributed by atoms with van der Waals surface area (Å²) in [4.78, 5) is 18.9. The second-order valence-electron chi connectivity index (χ2n) is 6.20. The highest BCUT2D eigenvalue weighted by Crippen LogP contribution is 2.29. The summed E-state index contributed by atoms with van der Waals surface area (Å²) in [7, 11) is 1.60. The van der Waals surface area contributed by atoms with Gasteiger partial charge >= 0.3 is 0 Å². The minimum absolute atomic E-state index is 0.202. The van der Waals surface area contributed by atoms with Gasteiger partial charge in [0.2, 0.25) is 5.88 Å². The molecule has 0 aliphatic heterocycles. The molecule has 0 fully saturated rings. The molecule has 28 heavy (non-hydrogen) atoms. The molecule has 140 valence electrons. The second-order valence-corrected chi connectivity index (χ2v) is 6.20. The van der Waals surface area contributed by atoms with Gasteiger partial charge in [0, 0.05) is 41.5 Å². The summed E-state index contributed by atoms with van der Waals surface area (Å²) in [5, 5.41) is 4.19. The zero-order valence-electron chi connectivity index (χ0n) is 15.3. The van der Waals surface area contributed by atoms with Crippen LogP contribution in [0.2, 0.25) is 0 Å². The van der Waals surface area contributed by atoms with E-state index in [1.807, 2.05) is 60.7 Å². The van der Waals surface area contributed by atoms with E-state index in [0.717, 1.165) is 22.2 Å². The fraction of sp³-hybridized carbons (Fsp3) is 0.0909. The molecule has 2 heterocycles. The van der Waals surface area contributed by atoms with E-state index in [0.29, 0.717) is 23.9 Å². The van der Waals surface area contributed by atoms with Crippen molar-refractivity contribution in [1.29, 1.82) is 0 Å². The zero-order chi connectivity index (χ0) is 19.3. The van der Waals surface area contributed by atoms with Crippen LogP contribution in [0.15, 0.2) is 77.7 Å². The van der Waals surface area contributed by atoms with Gasteiger partial charge in [0.05, 0.1) is 12.6 Å². The number of aromatic amines is 1. The van der Waals surface area contributed by atoms with Gasteiger partial charge in [0.1, 0.15) is 11.5 Å². The van der Waals surface area contributed by atoms with Crippen molar-refractivity contribution in [3.63, 3.8) is 0 Å². The van der Waals surface area contributed by atoms with Crippen molar-refractivity contribution in [3.8, 4) is 17.4 Å². The highest BCUT2D eigenvalue weighted by atomic mass is 16.5. The van der Waals surface area contributed by atoms with Crippen molar-refractivity contribution in [3.05, 3.63) is 88.8 Å². The summed E-state index contributed by atoms with van der Waals surface area (Å²) in [5.41, 5.74) is 2.38. The molecular formula is C22H19N3O3. The fourth-order valence-electron chi connectivity index (χ4n) is 2.99. The number of nitrogens with zero attached hydrogens (tertiary/aromatic N) is 1. The molecule has 0 aliphatic carbocycles. The number of H-pyrrole nitrogens is 1. The normalized spacial score (nSPS) is 10.6. The van der Waals surface area contributed by atoms with Crippen molar-refractivity contribution in [2.24, 2.45) is 0 Å². The van der Waals surface area contributed by atoms with Gasteiger partial charge in [0.25, 0.3) is 5.56 Å². The van der Waals surface area contributed by atoms with Gasteiger partial charge < -0.3 is 19.8 Å². The molecule has 0 spiro atoms. The van der Waals surface area contributed by atoms with Crippen LogP contribution in [0.4, 0.5) is 5.69 Å². The lowest BCUT2D eigenvalue weighted by Gasteiger charge is -2.12. The monoisotopic (exact) mass is 373 g/mol. The van der Waals surface area contributed by atoms with Gasteiger partial charge in [-0.25, -0.2) is 4.98 Å². The predicted molar refractivity (Wildman–Crippen MR) is 109 cm³/mol. The summed E-state index contributed by atoms with van der Waals surface area (Å²) in [6, 6.07) is 20.4. The molecule has 0 aliphatic rings. The summed E-state index contributed by atoms with van der Waals surface area (Å²) < 4.78 is 11.3. The standard InChI is InChI=1S/C22H19N3O3/c1-27-22-15(6-5-11-23-22)14-24-16-7-4-8-17(12-16)28-20-13-21(26)25-19-10-3-2-9-18(19)20/h2-13,24H,14H2,1H3,(H,25,26). The van der Waals surface area contributed by atoms with Crippen LogP contribution in [0.5, 0.6) is 17.4 Å². The van der Waals surface area contributed by atoms with Gasteiger partial charge in [-0.1, -0.05) is 24.3 Å². The predicted octanol–water partition coefficient (Wildman–Crippen LogP) is 4.34. The first-order chi connectivity index (χ1) is 13.7. The highest BCUT2D eigenvalue weighted by molar-refractivity contribution is 5.84. The largest absolute Gasteiger partial charge is 0.481 e. The number of aromatic nitrogens is 2. The average molecular weight is 373 g/mol. The third kappa shape index (κ3) is 3.81. The molecule has 0 bridgehead atoms. The maximum atomic E-state index is 11.9. The van der Waals surface area contributed by atoms with Gasteiger partial charge in [-0.2, -0.15) is 0 Å². The lowest BCUT2D eigenvalue weighted by atomic mass is 10.2. The van der Waals surface area contributed by atoms with E-state index in [9.17, 15) is 4.79 Å². The van der Waals surface area contributed by atoms with Gasteiger partial charge in [0.15, 0.2) is 0 Å². The highest BCUT2D eigenvalue weighted by Gasteiger charge is 2.07. The first-order valence-corrected chi connectivity index (χ1v) is 8.85. The van der Waals surface area contributed by atoms with Gasteiger partial charge in [-0.3, -0.25) is 4.79 Å². The fourth-order valence-corrected chi connectivity index (χ4v) is 2.99. The first-order valence-electron chi connectivity index (χ1n) is 8.85. The van der Waals surface area contributed by atoms with Crippen molar-refractivity contribution in [2.75, 3.05) is 12.4 Å². The van der Waals surface area contributed by atoms with E-state index in [4.69, 9.17) is 9.47 Å². The number of pyridine rings is 2. The maximum Gasteiger partial charge on any atom is 0.252 e. The molecule has 4 rings (SSSR count). The van der Waals surface area contributed by atoms with E-state index >= 15 is 0 Å². The molecule has 2 aromatic carbocycles. The van der Waals surface area contributed by atoms with Crippen molar-refractivity contribution >= 4 is 16.6 Å². The Morgan fingerprint density at radius 2 is 1.93 bits per heavy atom. The number of hydrogen-bond acceptors (Lipinski definition) is 5. The Morgan fingerprint density at radius 1 is 1.04 bits per heavy atom. The zero-order valence-corrected chi connectivity index (χ0v) is 15.3. The number of benzene rings is 2. The number of methoxy groups -OCH3 is 1. The van der Waals surface area contributed by atoms with Crippen LogP contribution in [-0.2, 0) is 6.54 Å². The van der Waals surface area contributed by atoms with E-state index < -0.39 is 0 Å². The topological polar surface area (TPSA) is 76.2 Å². The number of anilines is 1. The second kappa shape index (κ2) is 7.84. The Hall–Kier alpha value is -3.80. The summed E-state index contributed by atoms with van der Waals surface area (Å²) in [6.07, 6.45) is 1.70. The van der Waals surface area contributed by atoms with Crippen LogP contribution in [0.25, 0.3) is 10.9 Å². The molecule has 4 aromatic rings. The number of rotatable bonds is 6. The molecule has 0 saturated carbocycles. The molecule has 2 aromatic heterocycles. The smallest absolute Gasteiger partial charge is 0.252 e. The molecule has 6 nitrogen and oxygen atoms in total. The quantitative estimate of drug-likeness (QED) is 0.526. The van der Waals surface area contributed by atoms with Crippen LogP contribution in [0.1, 0.15) is 5.56 Å². The molecule has 0 atom stereocenters. The minimum atomic E-state index is -0.202. The summed E-state index contributed by atoms with van der Waals surface area (Å²) in [5.74, 6) is 1.75. The first kappa shape index (κ1) is 17.6. The van der Waals surface area contributed by atoms with E-state index in [1.165, 1.54) is 6.07 Å². The SMILES string of the molecule is COc1ncccc1CNc1cccc(Oc2cc(=O)[nH]c3ccccc23)c1. The average Bonchev–Trinajstić information content (AvgIpc) is 2.72. The van der Waals surface area contributed by atoms with E-state index in [-0.39, 0.29) is 5.56 Å². The Labute approximate surface area is 161 Å². The summed E-state index contributed by atoms with van der Waals surface area (Å²) in [6.45, 7) is 0.564. The lowest BCUT2D eigenvalue weighted by molar-refractivity contribution is 0.393. The Balaban J connectivity index is 1.56. The van der Waals surface area contributed by atoms with Crippen LogP contribution >= 0.6 is 0 Å². The molecule has 0 unspecified atom stereocenters. The third-order valence-corrected chi connectivity index (χ3v) is 4.30. The van der Waals surface area contributed by atoms with Crippen LogP contribution in [-0.4, -0.2) is 17.1 Å².